The Morgan fingerprint density at radius 1 is 0.591 bits per heavy atom. The standard InChI is InChI=1S/C12H14O10/c1-4(7(13)14)9(17)21-11(19)6(3)12(20)22-10(18)5(2)8(15)16/h4-6H,1-3H3,(H,13,14)(H,15,16). The number of carboxylic acids is 2. The lowest BCUT2D eigenvalue weighted by atomic mass is 10.1. The number of hydrogen-bond donors (Lipinski definition) is 2. The number of rotatable bonds is 6. The Kier molecular flexibility index (Phi) is 6.87. The lowest BCUT2D eigenvalue weighted by Gasteiger charge is -2.11. The van der Waals surface area contributed by atoms with Crippen LogP contribution >= 0.6 is 0 Å². The molecule has 0 aromatic heterocycles. The monoisotopic (exact) mass is 318 g/mol. The summed E-state index contributed by atoms with van der Waals surface area (Å²) in [5.41, 5.74) is 0. The Balaban J connectivity index is 4.66. The van der Waals surface area contributed by atoms with Crippen LogP contribution in [0.15, 0.2) is 0 Å². The van der Waals surface area contributed by atoms with Crippen molar-refractivity contribution in [3.63, 3.8) is 0 Å². The zero-order chi connectivity index (χ0) is 17.6. The molecule has 2 unspecified atom stereocenters. The second-order valence-corrected chi connectivity index (χ2v) is 4.32. The van der Waals surface area contributed by atoms with Gasteiger partial charge in [-0.1, -0.05) is 0 Å². The van der Waals surface area contributed by atoms with Gasteiger partial charge in [-0.25, -0.2) is 0 Å². The minimum absolute atomic E-state index is 0.947. The number of ether oxygens (including phenoxy) is 2. The van der Waals surface area contributed by atoms with Crippen LogP contribution in [0, 0.1) is 17.8 Å². The Morgan fingerprint density at radius 3 is 1.05 bits per heavy atom. The predicted molar refractivity (Wildman–Crippen MR) is 65.0 cm³/mol. The third kappa shape index (κ3) is 5.31. The van der Waals surface area contributed by atoms with Crippen LogP contribution in [0.3, 0.4) is 0 Å². The highest BCUT2D eigenvalue weighted by molar-refractivity contribution is 6.06. The van der Waals surface area contributed by atoms with Crippen molar-refractivity contribution >= 4 is 35.8 Å². The molecule has 0 saturated heterocycles. The SMILES string of the molecule is CC(C(=O)O)C(=O)OC(=O)C(C)C(=O)OC(=O)C(C)C(=O)O. The van der Waals surface area contributed by atoms with Gasteiger partial charge in [0, 0.05) is 0 Å². The summed E-state index contributed by atoms with van der Waals surface area (Å²) in [6.45, 7) is 2.89. The Morgan fingerprint density at radius 2 is 0.818 bits per heavy atom. The quantitative estimate of drug-likeness (QED) is 0.468. The van der Waals surface area contributed by atoms with Gasteiger partial charge in [-0.05, 0) is 20.8 Å². The average molecular weight is 318 g/mol. The van der Waals surface area contributed by atoms with E-state index >= 15 is 0 Å². The van der Waals surface area contributed by atoms with E-state index in [1.807, 2.05) is 0 Å². The minimum atomic E-state index is -1.71. The molecule has 122 valence electrons. The van der Waals surface area contributed by atoms with E-state index in [4.69, 9.17) is 10.2 Å². The van der Waals surface area contributed by atoms with Crippen LogP contribution in [0.5, 0.6) is 0 Å². The summed E-state index contributed by atoms with van der Waals surface area (Å²) in [4.78, 5) is 66.3. The van der Waals surface area contributed by atoms with Gasteiger partial charge in [0.25, 0.3) is 0 Å². The van der Waals surface area contributed by atoms with Gasteiger partial charge in [0.2, 0.25) is 0 Å². The van der Waals surface area contributed by atoms with E-state index in [9.17, 15) is 28.8 Å². The van der Waals surface area contributed by atoms with Crippen molar-refractivity contribution in [3.05, 3.63) is 0 Å². The van der Waals surface area contributed by atoms with Gasteiger partial charge in [-0.15, -0.1) is 0 Å². The van der Waals surface area contributed by atoms with Crippen molar-refractivity contribution in [1.82, 2.24) is 0 Å². The van der Waals surface area contributed by atoms with Crippen LogP contribution in [0.25, 0.3) is 0 Å². The predicted octanol–water partition coefficient (Wildman–Crippen LogP) is -0.796. The highest BCUT2D eigenvalue weighted by Gasteiger charge is 2.33. The number of aliphatic carboxylic acids is 2. The molecule has 0 rings (SSSR count). The zero-order valence-corrected chi connectivity index (χ0v) is 11.9. The number of carboxylic acid groups (broad SMARTS) is 2. The smallest absolute Gasteiger partial charge is 0.327 e. The second kappa shape index (κ2) is 7.86. The van der Waals surface area contributed by atoms with E-state index in [-0.39, 0.29) is 0 Å². The second-order valence-electron chi connectivity index (χ2n) is 4.32. The first-order valence-corrected chi connectivity index (χ1v) is 5.95. The van der Waals surface area contributed by atoms with Gasteiger partial charge in [0.05, 0.1) is 0 Å². The normalized spacial score (nSPS) is 14.1. The van der Waals surface area contributed by atoms with Crippen LogP contribution in [-0.4, -0.2) is 46.0 Å². The lowest BCUT2D eigenvalue weighted by Crippen LogP contribution is -2.34. The van der Waals surface area contributed by atoms with Gasteiger partial charge in [0.15, 0.2) is 17.8 Å². The molecule has 0 fully saturated rings. The fourth-order valence-corrected chi connectivity index (χ4v) is 0.850. The maximum Gasteiger partial charge on any atom is 0.327 e. The number of esters is 4. The fraction of sp³-hybridized carbons (Fsp3) is 0.500. The average Bonchev–Trinajstić information content (AvgIpc) is 2.43. The van der Waals surface area contributed by atoms with E-state index < -0.39 is 53.6 Å². The number of carbonyl (C=O) groups excluding carboxylic acids is 4. The first-order chi connectivity index (χ1) is 9.98. The van der Waals surface area contributed by atoms with Crippen LogP contribution in [0.1, 0.15) is 20.8 Å². The summed E-state index contributed by atoms with van der Waals surface area (Å²) in [6, 6.07) is 0. The van der Waals surface area contributed by atoms with Crippen molar-refractivity contribution in [2.75, 3.05) is 0 Å². The molecule has 0 spiro atoms. The van der Waals surface area contributed by atoms with Gasteiger partial charge in [-0.2, -0.15) is 0 Å². The number of carbonyl (C=O) groups is 6. The molecule has 0 aliphatic carbocycles. The third-order valence-corrected chi connectivity index (χ3v) is 2.56. The van der Waals surface area contributed by atoms with Crippen molar-refractivity contribution in [1.29, 1.82) is 0 Å². The van der Waals surface area contributed by atoms with E-state index in [1.165, 1.54) is 0 Å². The first kappa shape index (κ1) is 19.2. The van der Waals surface area contributed by atoms with E-state index in [1.54, 1.807) is 0 Å². The molecule has 10 heteroatoms. The van der Waals surface area contributed by atoms with Crippen LogP contribution in [0.2, 0.25) is 0 Å². The van der Waals surface area contributed by atoms with Crippen LogP contribution in [-0.2, 0) is 38.2 Å². The minimum Gasteiger partial charge on any atom is -0.481 e. The summed E-state index contributed by atoms with van der Waals surface area (Å²) < 4.78 is 8.32. The Hall–Kier alpha value is -2.78. The molecule has 0 aliphatic rings. The Bertz CT molecular complexity index is 474. The molecule has 0 amide bonds. The van der Waals surface area contributed by atoms with Crippen molar-refractivity contribution in [3.8, 4) is 0 Å². The van der Waals surface area contributed by atoms with E-state index in [2.05, 4.69) is 9.47 Å². The summed E-state index contributed by atoms with van der Waals surface area (Å²) >= 11 is 0. The van der Waals surface area contributed by atoms with Crippen molar-refractivity contribution in [2.45, 2.75) is 20.8 Å². The lowest BCUT2D eigenvalue weighted by molar-refractivity contribution is -0.173. The molecule has 0 aromatic rings. The molecule has 0 saturated carbocycles. The molecular formula is C12H14O10. The van der Waals surface area contributed by atoms with Crippen molar-refractivity contribution < 1.29 is 48.5 Å². The number of hydrogen-bond acceptors (Lipinski definition) is 8. The molecule has 0 bridgehead atoms. The fourth-order valence-electron chi connectivity index (χ4n) is 0.850. The summed E-state index contributed by atoms with van der Waals surface area (Å²) in [5, 5.41) is 17.1. The maximum atomic E-state index is 11.4. The Labute approximate surface area is 124 Å². The molecule has 0 radical (unpaired) electrons. The molecular weight excluding hydrogens is 304 g/mol. The molecule has 0 heterocycles. The maximum absolute atomic E-state index is 11.4. The summed E-state index contributed by atoms with van der Waals surface area (Å²) in [6.07, 6.45) is 0. The summed E-state index contributed by atoms with van der Waals surface area (Å²) in [7, 11) is 0. The van der Waals surface area contributed by atoms with E-state index in [0.29, 0.717) is 0 Å². The first-order valence-electron chi connectivity index (χ1n) is 5.95. The van der Waals surface area contributed by atoms with Gasteiger partial charge in [0.1, 0.15) is 0 Å². The third-order valence-electron chi connectivity index (χ3n) is 2.56. The zero-order valence-electron chi connectivity index (χ0n) is 11.9. The molecule has 22 heavy (non-hydrogen) atoms. The largest absolute Gasteiger partial charge is 0.481 e. The van der Waals surface area contributed by atoms with Crippen LogP contribution < -0.4 is 0 Å². The topological polar surface area (TPSA) is 161 Å². The molecule has 10 nitrogen and oxygen atoms in total. The van der Waals surface area contributed by atoms with Crippen LogP contribution in [0.4, 0.5) is 0 Å². The van der Waals surface area contributed by atoms with E-state index in [0.717, 1.165) is 20.8 Å². The molecule has 2 atom stereocenters. The molecule has 0 aliphatic heterocycles. The van der Waals surface area contributed by atoms with Gasteiger partial charge >= 0.3 is 35.8 Å². The highest BCUT2D eigenvalue weighted by Crippen LogP contribution is 2.08. The summed E-state index contributed by atoms with van der Waals surface area (Å²) in [5.74, 6) is -13.6. The van der Waals surface area contributed by atoms with Gasteiger partial charge in [-0.3, -0.25) is 28.8 Å². The molecule has 2 N–H and O–H groups in total. The highest BCUT2D eigenvalue weighted by atomic mass is 16.6. The van der Waals surface area contributed by atoms with Crippen molar-refractivity contribution in [2.24, 2.45) is 17.8 Å². The van der Waals surface area contributed by atoms with Gasteiger partial charge < -0.3 is 19.7 Å². The molecule has 0 aromatic carbocycles.